The van der Waals surface area contributed by atoms with Gasteiger partial charge in [0, 0.05) is 18.7 Å². The van der Waals surface area contributed by atoms with E-state index in [0.717, 1.165) is 33.0 Å². The lowest BCUT2D eigenvalue weighted by atomic mass is 10.0. The minimum atomic E-state index is -0.448. The molecule has 1 aliphatic heterocycles. The van der Waals surface area contributed by atoms with Crippen LogP contribution in [0.25, 0.3) is 16.8 Å². The Kier molecular flexibility index (Phi) is 6.59. The van der Waals surface area contributed by atoms with E-state index in [1.54, 1.807) is 11.0 Å². The van der Waals surface area contributed by atoms with Crippen LogP contribution in [-0.4, -0.2) is 53.1 Å². The fourth-order valence-electron chi connectivity index (χ4n) is 3.28. The number of rotatable bonds is 7. The van der Waals surface area contributed by atoms with Gasteiger partial charge in [-0.3, -0.25) is 19.3 Å². The minimum Gasteiger partial charge on any atom is -0.493 e. The van der Waals surface area contributed by atoms with Crippen LogP contribution in [0.1, 0.15) is 26.3 Å². The summed E-state index contributed by atoms with van der Waals surface area (Å²) in [6.45, 7) is 6.95. The third kappa shape index (κ3) is 4.29. The summed E-state index contributed by atoms with van der Waals surface area (Å²) in [5, 5.41) is 1.52. The van der Waals surface area contributed by atoms with E-state index >= 15 is 0 Å². The summed E-state index contributed by atoms with van der Waals surface area (Å²) in [6.07, 6.45) is 1.69. The molecule has 2 aromatic carbocycles. The van der Waals surface area contributed by atoms with Gasteiger partial charge in [-0.2, -0.15) is 0 Å². The molecule has 0 spiro atoms. The van der Waals surface area contributed by atoms with Crippen molar-refractivity contribution in [2.75, 3.05) is 26.2 Å². The molecular weight excluding hydrogens is 388 g/mol. The first-order valence-corrected chi connectivity index (χ1v) is 10.5. The number of nitrogens with zero attached hydrogens (tertiary/aromatic N) is 2. The highest BCUT2D eigenvalue weighted by atomic mass is 32.2. The molecule has 0 atom stereocenters. The van der Waals surface area contributed by atoms with Crippen LogP contribution < -0.4 is 4.74 Å². The van der Waals surface area contributed by atoms with Crippen molar-refractivity contribution in [2.45, 2.75) is 20.8 Å². The number of likely N-dealkylation sites (N-methyl/N-ethyl adjacent to an activating group) is 1. The number of carbonyl (C=O) groups is 3. The van der Waals surface area contributed by atoms with Gasteiger partial charge in [0.1, 0.15) is 12.3 Å². The van der Waals surface area contributed by atoms with Gasteiger partial charge in [0.25, 0.3) is 11.1 Å². The molecule has 0 radical (unpaired) electrons. The van der Waals surface area contributed by atoms with Gasteiger partial charge < -0.3 is 9.64 Å². The molecule has 3 rings (SSSR count). The SMILES string of the molecule is CCOc1ccc2ccccc2c1/C=C1\SC(=O)N(CC(=O)N(CC)CC)C1=O. The molecule has 7 heteroatoms. The highest BCUT2D eigenvalue weighted by molar-refractivity contribution is 8.18. The maximum Gasteiger partial charge on any atom is 0.294 e. The fraction of sp³-hybridized carbons (Fsp3) is 0.318. The maximum atomic E-state index is 12.9. The standard InChI is InChI=1S/C22H24N2O4S/c1-4-23(5-2)20(25)14-24-21(26)19(29-22(24)27)13-17-16-10-8-7-9-15(16)11-12-18(17)28-6-3/h7-13H,4-6,14H2,1-3H3/b19-13-. The van der Waals surface area contributed by atoms with Crippen LogP contribution in [0.2, 0.25) is 0 Å². The second kappa shape index (κ2) is 9.13. The van der Waals surface area contributed by atoms with Crippen LogP contribution in [0.5, 0.6) is 5.75 Å². The van der Waals surface area contributed by atoms with Crippen molar-refractivity contribution in [1.82, 2.24) is 9.80 Å². The Hall–Kier alpha value is -2.80. The van der Waals surface area contributed by atoms with Crippen LogP contribution in [0.4, 0.5) is 4.79 Å². The summed E-state index contributed by atoms with van der Waals surface area (Å²) in [5.74, 6) is -0.0354. The van der Waals surface area contributed by atoms with E-state index in [9.17, 15) is 14.4 Å². The zero-order chi connectivity index (χ0) is 21.0. The predicted molar refractivity (Wildman–Crippen MR) is 116 cm³/mol. The highest BCUT2D eigenvalue weighted by Gasteiger charge is 2.37. The highest BCUT2D eigenvalue weighted by Crippen LogP contribution is 2.36. The first-order valence-electron chi connectivity index (χ1n) is 9.67. The van der Waals surface area contributed by atoms with Crippen LogP contribution in [-0.2, 0) is 9.59 Å². The van der Waals surface area contributed by atoms with Gasteiger partial charge in [-0.15, -0.1) is 0 Å². The topological polar surface area (TPSA) is 66.9 Å². The molecule has 29 heavy (non-hydrogen) atoms. The maximum absolute atomic E-state index is 12.9. The summed E-state index contributed by atoms with van der Waals surface area (Å²) >= 11 is 0.853. The van der Waals surface area contributed by atoms with Crippen molar-refractivity contribution in [3.05, 3.63) is 46.9 Å². The van der Waals surface area contributed by atoms with E-state index in [0.29, 0.717) is 30.4 Å². The largest absolute Gasteiger partial charge is 0.493 e. The fourth-order valence-corrected chi connectivity index (χ4v) is 4.10. The monoisotopic (exact) mass is 412 g/mol. The first kappa shape index (κ1) is 20.9. The third-order valence-corrected chi connectivity index (χ3v) is 5.70. The lowest BCUT2D eigenvalue weighted by Crippen LogP contribution is -2.41. The van der Waals surface area contributed by atoms with Crippen LogP contribution in [0.15, 0.2) is 41.3 Å². The van der Waals surface area contributed by atoms with E-state index in [2.05, 4.69) is 0 Å². The molecule has 152 valence electrons. The van der Waals surface area contributed by atoms with Crippen molar-refractivity contribution < 1.29 is 19.1 Å². The average molecular weight is 413 g/mol. The molecule has 0 aliphatic carbocycles. The number of hydrogen-bond acceptors (Lipinski definition) is 5. The number of benzene rings is 2. The molecule has 0 unspecified atom stereocenters. The van der Waals surface area contributed by atoms with Gasteiger partial charge in [-0.05, 0) is 55.4 Å². The number of thioether (sulfide) groups is 1. The van der Waals surface area contributed by atoms with Crippen molar-refractivity contribution in [3.63, 3.8) is 0 Å². The van der Waals surface area contributed by atoms with Crippen LogP contribution >= 0.6 is 11.8 Å². The quantitative estimate of drug-likeness (QED) is 0.640. The van der Waals surface area contributed by atoms with E-state index in [1.807, 2.05) is 57.2 Å². The number of hydrogen-bond donors (Lipinski definition) is 0. The Balaban J connectivity index is 1.95. The normalized spacial score (nSPS) is 15.4. The molecule has 3 amide bonds. The molecule has 6 nitrogen and oxygen atoms in total. The smallest absolute Gasteiger partial charge is 0.294 e. The first-order chi connectivity index (χ1) is 14.0. The molecule has 1 aliphatic rings. The van der Waals surface area contributed by atoms with E-state index in [4.69, 9.17) is 4.74 Å². The Morgan fingerprint density at radius 1 is 1.10 bits per heavy atom. The number of amides is 3. The number of fused-ring (bicyclic) bond motifs is 1. The molecule has 2 aromatic rings. The lowest BCUT2D eigenvalue weighted by Gasteiger charge is -2.21. The van der Waals surface area contributed by atoms with Crippen molar-refractivity contribution in [1.29, 1.82) is 0 Å². The zero-order valence-electron chi connectivity index (χ0n) is 16.8. The van der Waals surface area contributed by atoms with Gasteiger partial charge in [0.05, 0.1) is 11.5 Å². The molecule has 0 bridgehead atoms. The molecule has 1 heterocycles. The summed E-state index contributed by atoms with van der Waals surface area (Å²) in [4.78, 5) is 40.6. The van der Waals surface area contributed by atoms with Crippen LogP contribution in [0.3, 0.4) is 0 Å². The Morgan fingerprint density at radius 3 is 2.52 bits per heavy atom. The van der Waals surface area contributed by atoms with Crippen molar-refractivity contribution in [3.8, 4) is 5.75 Å². The zero-order valence-corrected chi connectivity index (χ0v) is 17.6. The number of carbonyl (C=O) groups excluding carboxylic acids is 3. The van der Waals surface area contributed by atoms with E-state index < -0.39 is 11.1 Å². The van der Waals surface area contributed by atoms with Gasteiger partial charge in [-0.25, -0.2) is 0 Å². The molecule has 1 saturated heterocycles. The summed E-state index contributed by atoms with van der Waals surface area (Å²) in [7, 11) is 0. The molecular formula is C22H24N2O4S. The number of imide groups is 1. The third-order valence-electron chi connectivity index (χ3n) is 4.79. The van der Waals surface area contributed by atoms with Crippen molar-refractivity contribution in [2.24, 2.45) is 0 Å². The molecule has 0 aromatic heterocycles. The van der Waals surface area contributed by atoms with E-state index in [1.165, 1.54) is 0 Å². The Labute approximate surface area is 174 Å². The summed E-state index contributed by atoms with van der Waals surface area (Å²) in [5.41, 5.74) is 0.755. The molecule has 0 N–H and O–H groups in total. The minimum absolute atomic E-state index is 0.237. The van der Waals surface area contributed by atoms with Gasteiger partial charge >= 0.3 is 0 Å². The number of ether oxygens (including phenoxy) is 1. The lowest BCUT2D eigenvalue weighted by molar-refractivity contribution is -0.135. The van der Waals surface area contributed by atoms with Crippen LogP contribution in [0, 0.1) is 0 Å². The molecule has 0 saturated carbocycles. The summed E-state index contributed by atoms with van der Waals surface area (Å²) < 4.78 is 5.74. The van der Waals surface area contributed by atoms with Gasteiger partial charge in [0.2, 0.25) is 5.91 Å². The Bertz CT molecular complexity index is 982. The van der Waals surface area contributed by atoms with Gasteiger partial charge in [-0.1, -0.05) is 30.3 Å². The Morgan fingerprint density at radius 2 is 1.83 bits per heavy atom. The summed E-state index contributed by atoms with van der Waals surface area (Å²) in [6, 6.07) is 11.6. The second-order valence-corrected chi connectivity index (χ2v) is 7.46. The molecule has 1 fully saturated rings. The predicted octanol–water partition coefficient (Wildman–Crippen LogP) is 4.14. The average Bonchev–Trinajstić information content (AvgIpc) is 2.98. The second-order valence-electron chi connectivity index (χ2n) is 6.47. The van der Waals surface area contributed by atoms with E-state index in [-0.39, 0.29) is 12.5 Å². The van der Waals surface area contributed by atoms with Crippen molar-refractivity contribution >= 4 is 45.7 Å². The van der Waals surface area contributed by atoms with Gasteiger partial charge in [0.15, 0.2) is 0 Å².